The van der Waals surface area contributed by atoms with E-state index < -0.39 is 0 Å². The lowest BCUT2D eigenvalue weighted by molar-refractivity contribution is -0.131. The summed E-state index contributed by atoms with van der Waals surface area (Å²) in [5.41, 5.74) is 0. The van der Waals surface area contributed by atoms with Crippen molar-refractivity contribution in [2.24, 2.45) is 4.99 Å². The molecule has 0 aromatic heterocycles. The van der Waals surface area contributed by atoms with Crippen LogP contribution in [0.25, 0.3) is 0 Å². The molecule has 3 heterocycles. The zero-order chi connectivity index (χ0) is 20.6. The maximum absolute atomic E-state index is 12.4. The number of hydrogen-bond acceptors (Lipinski definition) is 5. The van der Waals surface area contributed by atoms with Gasteiger partial charge in [0.1, 0.15) is 6.54 Å². The number of nitrogens with one attached hydrogen (secondary N) is 1. The summed E-state index contributed by atoms with van der Waals surface area (Å²) >= 11 is 0. The van der Waals surface area contributed by atoms with E-state index in [2.05, 4.69) is 20.1 Å². The second kappa shape index (κ2) is 12.7. The normalized spacial score (nSPS) is 22.7. The fraction of sp³-hybridized carbons (Fsp3) is 0.850. The van der Waals surface area contributed by atoms with Crippen molar-refractivity contribution in [2.75, 3.05) is 79.6 Å². The number of nitrogens with zero attached hydrogens (tertiary/aromatic N) is 5. The molecular weight excluding hydrogens is 499 g/mol. The highest BCUT2D eigenvalue weighted by Gasteiger charge is 2.25. The quantitative estimate of drug-likeness (QED) is 0.294. The van der Waals surface area contributed by atoms with Crippen molar-refractivity contribution in [1.29, 1.82) is 0 Å². The van der Waals surface area contributed by atoms with E-state index in [9.17, 15) is 9.59 Å². The highest BCUT2D eigenvalue weighted by molar-refractivity contribution is 14.0. The molecular formula is C20H37IN6O3. The topological polar surface area (TPSA) is 80.7 Å². The van der Waals surface area contributed by atoms with E-state index in [1.165, 1.54) is 0 Å². The number of guanidine groups is 1. The number of ether oxygens (including phenoxy) is 1. The van der Waals surface area contributed by atoms with Crippen LogP contribution in [0.4, 0.5) is 0 Å². The second-order valence-electron chi connectivity index (χ2n) is 8.30. The average Bonchev–Trinajstić information content (AvgIpc) is 3.42. The molecule has 3 saturated heterocycles. The summed E-state index contributed by atoms with van der Waals surface area (Å²) in [6, 6.07) is 0. The van der Waals surface area contributed by atoms with Crippen molar-refractivity contribution in [2.45, 2.75) is 31.8 Å². The van der Waals surface area contributed by atoms with E-state index in [1.807, 2.05) is 4.90 Å². The van der Waals surface area contributed by atoms with Gasteiger partial charge >= 0.3 is 0 Å². The largest absolute Gasteiger partial charge is 0.376 e. The number of rotatable bonds is 6. The summed E-state index contributed by atoms with van der Waals surface area (Å²) in [6.45, 7) is 7.21. The van der Waals surface area contributed by atoms with Gasteiger partial charge < -0.3 is 24.8 Å². The Kier molecular flexibility index (Phi) is 10.6. The van der Waals surface area contributed by atoms with Gasteiger partial charge in [0.15, 0.2) is 5.96 Å². The van der Waals surface area contributed by atoms with E-state index in [1.54, 1.807) is 19.0 Å². The highest BCUT2D eigenvalue weighted by atomic mass is 127. The minimum absolute atomic E-state index is 0. The van der Waals surface area contributed by atoms with Crippen LogP contribution in [-0.2, 0) is 14.3 Å². The maximum atomic E-state index is 12.4. The standard InChI is InChI=1S/C20H36N6O3.HI/c1-23(2)18(27)15-22-20(21-14-17-6-5-13-29-17)26-11-9-24(10-12-26)16-19(28)25-7-3-4-8-25;/h17H,3-16H2,1-2H3,(H,21,22);1H. The molecule has 9 nitrogen and oxygen atoms in total. The number of likely N-dealkylation sites (tertiary alicyclic amines) is 1. The Hall–Kier alpha value is -1.14. The van der Waals surface area contributed by atoms with Crippen molar-refractivity contribution in [3.63, 3.8) is 0 Å². The second-order valence-corrected chi connectivity index (χ2v) is 8.30. The van der Waals surface area contributed by atoms with Gasteiger partial charge in [0.2, 0.25) is 11.8 Å². The van der Waals surface area contributed by atoms with Crippen LogP contribution in [0.15, 0.2) is 4.99 Å². The Morgan fingerprint density at radius 1 is 1.03 bits per heavy atom. The zero-order valence-electron chi connectivity index (χ0n) is 18.3. The van der Waals surface area contributed by atoms with E-state index in [-0.39, 0.29) is 48.4 Å². The van der Waals surface area contributed by atoms with Crippen molar-refractivity contribution in [3.05, 3.63) is 0 Å². The van der Waals surface area contributed by atoms with Gasteiger partial charge in [-0.25, -0.2) is 4.99 Å². The molecule has 0 spiro atoms. The summed E-state index contributed by atoms with van der Waals surface area (Å²) in [7, 11) is 3.49. The first-order valence-electron chi connectivity index (χ1n) is 10.9. The Bertz CT molecular complexity index is 583. The molecule has 3 rings (SSSR count). The van der Waals surface area contributed by atoms with E-state index in [0.29, 0.717) is 13.1 Å². The van der Waals surface area contributed by atoms with Crippen LogP contribution in [-0.4, -0.2) is 123 Å². The molecule has 2 amide bonds. The smallest absolute Gasteiger partial charge is 0.243 e. The van der Waals surface area contributed by atoms with Gasteiger partial charge in [0.25, 0.3) is 0 Å². The Morgan fingerprint density at radius 3 is 2.33 bits per heavy atom. The molecule has 3 aliphatic heterocycles. The first-order chi connectivity index (χ1) is 14.0. The summed E-state index contributed by atoms with van der Waals surface area (Å²) in [4.78, 5) is 36.9. The summed E-state index contributed by atoms with van der Waals surface area (Å²) in [6.07, 6.45) is 4.62. The fourth-order valence-electron chi connectivity index (χ4n) is 3.94. The molecule has 0 aromatic carbocycles. The van der Waals surface area contributed by atoms with Crippen LogP contribution in [0.5, 0.6) is 0 Å². The summed E-state index contributed by atoms with van der Waals surface area (Å²) in [5, 5.41) is 3.41. The first kappa shape index (κ1) is 25.1. The van der Waals surface area contributed by atoms with Gasteiger partial charge in [-0.05, 0) is 25.7 Å². The molecule has 1 N–H and O–H groups in total. The summed E-state index contributed by atoms with van der Waals surface area (Å²) in [5.74, 6) is 0.996. The van der Waals surface area contributed by atoms with E-state index in [4.69, 9.17) is 4.74 Å². The van der Waals surface area contributed by atoms with Gasteiger partial charge in [0.05, 0.1) is 12.6 Å². The number of likely N-dealkylation sites (N-methyl/N-ethyl adjacent to an activating group) is 1. The molecule has 0 aromatic rings. The molecule has 1 unspecified atom stereocenters. The molecule has 1 atom stereocenters. The molecule has 3 aliphatic rings. The third-order valence-electron chi connectivity index (χ3n) is 5.86. The number of hydrogen-bond donors (Lipinski definition) is 1. The molecule has 0 saturated carbocycles. The Labute approximate surface area is 197 Å². The fourth-order valence-corrected chi connectivity index (χ4v) is 3.94. The lowest BCUT2D eigenvalue weighted by atomic mass is 10.2. The number of carbonyl (C=O) groups is 2. The van der Waals surface area contributed by atoms with Crippen LogP contribution >= 0.6 is 24.0 Å². The highest BCUT2D eigenvalue weighted by Crippen LogP contribution is 2.12. The molecule has 0 bridgehead atoms. The van der Waals surface area contributed by atoms with E-state index in [0.717, 1.165) is 77.5 Å². The zero-order valence-corrected chi connectivity index (χ0v) is 20.7. The van der Waals surface area contributed by atoms with Crippen molar-refractivity contribution < 1.29 is 14.3 Å². The monoisotopic (exact) mass is 536 g/mol. The third-order valence-corrected chi connectivity index (χ3v) is 5.86. The summed E-state index contributed by atoms with van der Waals surface area (Å²) < 4.78 is 5.70. The van der Waals surface area contributed by atoms with Crippen LogP contribution < -0.4 is 5.32 Å². The van der Waals surface area contributed by atoms with Crippen molar-refractivity contribution in [1.82, 2.24) is 24.9 Å². The van der Waals surface area contributed by atoms with Crippen LogP contribution in [0.1, 0.15) is 25.7 Å². The number of carbonyl (C=O) groups excluding carboxylic acids is 2. The number of halogens is 1. The van der Waals surface area contributed by atoms with Gasteiger partial charge in [-0.15, -0.1) is 24.0 Å². The van der Waals surface area contributed by atoms with Gasteiger partial charge in [-0.3, -0.25) is 14.5 Å². The van der Waals surface area contributed by atoms with Gasteiger partial charge in [-0.1, -0.05) is 0 Å². The molecule has 30 heavy (non-hydrogen) atoms. The Morgan fingerprint density at radius 2 is 1.73 bits per heavy atom. The number of aliphatic imine (C=N–C) groups is 1. The number of piperazine rings is 1. The van der Waals surface area contributed by atoms with Crippen molar-refractivity contribution in [3.8, 4) is 0 Å². The third kappa shape index (κ3) is 7.52. The van der Waals surface area contributed by atoms with Gasteiger partial charge in [0, 0.05) is 66.5 Å². The van der Waals surface area contributed by atoms with Crippen LogP contribution in [0, 0.1) is 0 Å². The molecule has 0 aliphatic carbocycles. The van der Waals surface area contributed by atoms with Crippen LogP contribution in [0.3, 0.4) is 0 Å². The lowest BCUT2D eigenvalue weighted by Gasteiger charge is -2.37. The SMILES string of the molecule is CN(C)C(=O)CN=C(NCC1CCCO1)N1CCN(CC(=O)N2CCCC2)CC1.I. The minimum Gasteiger partial charge on any atom is -0.376 e. The molecule has 0 radical (unpaired) electrons. The van der Waals surface area contributed by atoms with Crippen molar-refractivity contribution >= 4 is 41.8 Å². The minimum atomic E-state index is -0.0173. The predicted octanol–water partition coefficient (Wildman–Crippen LogP) is 0.0572. The number of amides is 2. The Balaban J connectivity index is 0.00000320. The molecule has 172 valence electrons. The average molecular weight is 536 g/mol. The maximum Gasteiger partial charge on any atom is 0.243 e. The predicted molar refractivity (Wildman–Crippen MR) is 127 cm³/mol. The molecule has 3 fully saturated rings. The lowest BCUT2D eigenvalue weighted by Crippen LogP contribution is -2.55. The van der Waals surface area contributed by atoms with E-state index >= 15 is 0 Å². The van der Waals surface area contributed by atoms with Gasteiger partial charge in [-0.2, -0.15) is 0 Å². The first-order valence-corrected chi connectivity index (χ1v) is 10.9. The van der Waals surface area contributed by atoms with Crippen LogP contribution in [0.2, 0.25) is 0 Å². The molecule has 10 heteroatoms.